The van der Waals surface area contributed by atoms with Crippen LogP contribution < -0.4 is 10.2 Å². The van der Waals surface area contributed by atoms with Crippen LogP contribution in [0.2, 0.25) is 0 Å². The number of alkyl halides is 3. The third kappa shape index (κ3) is 4.69. The van der Waals surface area contributed by atoms with Crippen molar-refractivity contribution in [3.63, 3.8) is 0 Å². The Hall–Kier alpha value is -5.42. The fraction of sp³-hybridized carbons (Fsp3) is 0.107. The third-order valence-corrected chi connectivity index (χ3v) is 6.23. The molecule has 1 atom stereocenters. The van der Waals surface area contributed by atoms with E-state index < -0.39 is 23.7 Å². The number of carbonyl (C=O) groups excluding carboxylic acids is 1. The average molecular weight is 525 g/mol. The molecule has 2 heterocycles. The summed E-state index contributed by atoms with van der Waals surface area (Å²) in [7, 11) is 0. The van der Waals surface area contributed by atoms with Gasteiger partial charge in [-0.25, -0.2) is 4.68 Å². The van der Waals surface area contributed by atoms with Crippen LogP contribution in [0, 0.1) is 22.7 Å². The fourth-order valence-electron chi connectivity index (χ4n) is 4.37. The van der Waals surface area contributed by atoms with Crippen LogP contribution in [0.3, 0.4) is 0 Å². The van der Waals surface area contributed by atoms with Crippen molar-refractivity contribution in [2.75, 3.05) is 10.2 Å². The van der Waals surface area contributed by atoms with Crippen molar-refractivity contribution in [1.82, 2.24) is 14.8 Å². The first kappa shape index (κ1) is 25.2. The number of amides is 1. The van der Waals surface area contributed by atoms with E-state index in [9.17, 15) is 28.5 Å². The van der Waals surface area contributed by atoms with Gasteiger partial charge in [-0.15, -0.1) is 5.10 Å². The monoisotopic (exact) mass is 525 g/mol. The van der Waals surface area contributed by atoms with Gasteiger partial charge in [-0.3, -0.25) is 15.0 Å². The summed E-state index contributed by atoms with van der Waals surface area (Å²) in [6.07, 6.45) is -4.59. The van der Waals surface area contributed by atoms with Gasteiger partial charge < -0.3 is 0 Å². The summed E-state index contributed by atoms with van der Waals surface area (Å²) in [6.45, 7) is 1.61. The van der Waals surface area contributed by atoms with E-state index in [0.717, 1.165) is 12.1 Å². The van der Waals surface area contributed by atoms with Gasteiger partial charge >= 0.3 is 6.18 Å². The van der Waals surface area contributed by atoms with Gasteiger partial charge in [-0.1, -0.05) is 36.4 Å². The number of nitrogens with zero attached hydrogens (tertiary/aromatic N) is 6. The minimum absolute atomic E-state index is 0.0959. The standard InChI is InChI=1S/C28H18F3N7O/c1-17-23(16-33)24(19-12-10-18(15-32)11-13-19)38-27(37(17)22-9-5-8-21(14-22)28(29,30)31)35-26(36-38)34-25(39)20-6-3-2-4-7-20/h2-14,24H,1H3,(H,34,36,39)/t24-/m1/s1. The predicted octanol–water partition coefficient (Wildman–Crippen LogP) is 5.96. The molecule has 1 aromatic heterocycles. The van der Waals surface area contributed by atoms with Crippen molar-refractivity contribution in [3.8, 4) is 12.1 Å². The first-order valence-electron chi connectivity index (χ1n) is 11.6. The van der Waals surface area contributed by atoms with Crippen LogP contribution >= 0.6 is 0 Å². The lowest BCUT2D eigenvalue weighted by Gasteiger charge is -2.34. The topological polar surface area (TPSA) is 111 Å². The zero-order valence-corrected chi connectivity index (χ0v) is 20.3. The van der Waals surface area contributed by atoms with Crippen LogP contribution in [0.5, 0.6) is 0 Å². The smallest absolute Gasteiger partial charge is 0.289 e. The molecule has 0 bridgehead atoms. The van der Waals surface area contributed by atoms with E-state index in [4.69, 9.17) is 0 Å². The molecule has 1 N–H and O–H groups in total. The Morgan fingerprint density at radius 3 is 2.33 bits per heavy atom. The van der Waals surface area contributed by atoms with Crippen LogP contribution in [0.4, 0.5) is 30.8 Å². The molecule has 0 saturated carbocycles. The number of hydrogen-bond acceptors (Lipinski definition) is 6. The zero-order chi connectivity index (χ0) is 27.7. The molecule has 8 nitrogen and oxygen atoms in total. The molecule has 3 aromatic carbocycles. The van der Waals surface area contributed by atoms with Gasteiger partial charge in [0.25, 0.3) is 11.9 Å². The summed E-state index contributed by atoms with van der Waals surface area (Å²) in [5.41, 5.74) is 1.15. The molecule has 39 heavy (non-hydrogen) atoms. The van der Waals surface area contributed by atoms with Crippen LogP contribution in [0.15, 0.2) is 90.1 Å². The minimum Gasteiger partial charge on any atom is -0.289 e. The normalized spacial score (nSPS) is 14.8. The highest BCUT2D eigenvalue weighted by Gasteiger charge is 2.37. The van der Waals surface area contributed by atoms with Crippen LogP contribution in [0.1, 0.15) is 40.0 Å². The van der Waals surface area contributed by atoms with Crippen molar-refractivity contribution in [2.24, 2.45) is 0 Å². The summed E-state index contributed by atoms with van der Waals surface area (Å²) in [5, 5.41) is 26.4. The number of rotatable bonds is 4. The summed E-state index contributed by atoms with van der Waals surface area (Å²) in [4.78, 5) is 18.7. The van der Waals surface area contributed by atoms with Crippen molar-refractivity contribution in [3.05, 3.63) is 112 Å². The lowest BCUT2D eigenvalue weighted by molar-refractivity contribution is -0.137. The summed E-state index contributed by atoms with van der Waals surface area (Å²) < 4.78 is 42.0. The molecule has 11 heteroatoms. The SMILES string of the molecule is CC1=C(C#N)[C@@H](c2ccc(C#N)cc2)n2nc(NC(=O)c3ccccc3)nc2N1c1cccc(C(F)(F)F)c1. The molecule has 0 fully saturated rings. The van der Waals surface area contributed by atoms with E-state index in [1.807, 2.05) is 6.07 Å². The highest BCUT2D eigenvalue weighted by atomic mass is 19.4. The number of carbonyl (C=O) groups is 1. The predicted molar refractivity (Wildman–Crippen MR) is 136 cm³/mol. The molecule has 0 saturated heterocycles. The van der Waals surface area contributed by atoms with Gasteiger partial charge in [0.1, 0.15) is 6.04 Å². The number of halogens is 3. The van der Waals surface area contributed by atoms with Crippen LogP contribution in [-0.2, 0) is 6.18 Å². The van der Waals surface area contributed by atoms with Crippen molar-refractivity contribution >= 4 is 23.5 Å². The van der Waals surface area contributed by atoms with Gasteiger partial charge in [-0.2, -0.15) is 28.7 Å². The first-order valence-corrected chi connectivity index (χ1v) is 11.6. The van der Waals surface area contributed by atoms with E-state index in [-0.39, 0.29) is 23.2 Å². The third-order valence-electron chi connectivity index (χ3n) is 6.23. The maximum Gasteiger partial charge on any atom is 0.416 e. The fourth-order valence-corrected chi connectivity index (χ4v) is 4.37. The Morgan fingerprint density at radius 1 is 0.974 bits per heavy atom. The molecule has 0 unspecified atom stereocenters. The largest absolute Gasteiger partial charge is 0.416 e. The second kappa shape index (κ2) is 9.80. The number of nitriles is 2. The van der Waals surface area contributed by atoms with Gasteiger partial charge in [0, 0.05) is 16.9 Å². The molecular weight excluding hydrogens is 507 g/mol. The molecular formula is C28H18F3N7O. The summed E-state index contributed by atoms with van der Waals surface area (Å²) >= 11 is 0. The van der Waals surface area contributed by atoms with E-state index in [2.05, 4.69) is 21.5 Å². The number of hydrogen-bond donors (Lipinski definition) is 1. The molecule has 0 aliphatic carbocycles. The Morgan fingerprint density at radius 2 is 1.69 bits per heavy atom. The highest BCUT2D eigenvalue weighted by molar-refractivity contribution is 6.03. The molecule has 5 rings (SSSR count). The summed E-state index contributed by atoms with van der Waals surface area (Å²) in [6, 6.07) is 22.9. The number of benzene rings is 3. The number of aromatic nitrogens is 3. The summed E-state index contributed by atoms with van der Waals surface area (Å²) in [5.74, 6) is -0.478. The molecule has 0 spiro atoms. The van der Waals surface area contributed by atoms with Crippen molar-refractivity contribution < 1.29 is 18.0 Å². The minimum atomic E-state index is -4.59. The van der Waals surface area contributed by atoms with Gasteiger partial charge in [0.15, 0.2) is 0 Å². The van der Waals surface area contributed by atoms with Gasteiger partial charge in [0.05, 0.1) is 28.8 Å². The van der Waals surface area contributed by atoms with E-state index in [1.54, 1.807) is 61.5 Å². The second-order valence-electron chi connectivity index (χ2n) is 8.63. The maximum atomic E-state index is 13.5. The first-order chi connectivity index (χ1) is 18.7. The number of nitrogens with one attached hydrogen (secondary N) is 1. The number of anilines is 3. The Labute approximate surface area is 220 Å². The van der Waals surface area contributed by atoms with E-state index >= 15 is 0 Å². The second-order valence-corrected chi connectivity index (χ2v) is 8.63. The number of allylic oxidation sites excluding steroid dienone is 2. The van der Waals surface area contributed by atoms with Crippen molar-refractivity contribution in [2.45, 2.75) is 19.1 Å². The van der Waals surface area contributed by atoms with Gasteiger partial charge in [-0.05, 0) is 55.0 Å². The molecule has 0 radical (unpaired) electrons. The van der Waals surface area contributed by atoms with E-state index in [0.29, 0.717) is 22.4 Å². The Kier molecular flexibility index (Phi) is 6.34. The molecule has 1 aliphatic rings. The quantitative estimate of drug-likeness (QED) is 0.352. The molecule has 192 valence electrons. The molecule has 4 aromatic rings. The highest BCUT2D eigenvalue weighted by Crippen LogP contribution is 2.43. The Balaban J connectivity index is 1.67. The maximum absolute atomic E-state index is 13.5. The molecule has 1 amide bonds. The lowest BCUT2D eigenvalue weighted by atomic mass is 9.95. The zero-order valence-electron chi connectivity index (χ0n) is 20.3. The average Bonchev–Trinajstić information content (AvgIpc) is 3.35. The van der Waals surface area contributed by atoms with Crippen molar-refractivity contribution in [1.29, 1.82) is 10.5 Å². The molecule has 1 aliphatic heterocycles. The van der Waals surface area contributed by atoms with E-state index in [1.165, 1.54) is 21.7 Å². The lowest BCUT2D eigenvalue weighted by Crippen LogP contribution is -2.31. The van der Waals surface area contributed by atoms with Crippen LogP contribution in [-0.4, -0.2) is 20.7 Å². The van der Waals surface area contributed by atoms with Crippen LogP contribution in [0.25, 0.3) is 0 Å². The Bertz CT molecular complexity index is 1680. The van der Waals surface area contributed by atoms with Gasteiger partial charge in [0.2, 0.25) is 5.95 Å². The number of fused-ring (bicyclic) bond motifs is 1.